The van der Waals surface area contributed by atoms with Crippen molar-refractivity contribution in [2.75, 3.05) is 20.1 Å². The molecule has 0 radical (unpaired) electrons. The lowest BCUT2D eigenvalue weighted by Crippen LogP contribution is -2.45. The van der Waals surface area contributed by atoms with E-state index in [2.05, 4.69) is 5.32 Å². The fraction of sp³-hybridized carbons (Fsp3) is 0.700. The van der Waals surface area contributed by atoms with Crippen LogP contribution in [0.1, 0.15) is 19.8 Å². The maximum atomic E-state index is 11.9. The van der Waals surface area contributed by atoms with Gasteiger partial charge in [-0.25, -0.2) is 0 Å². The second kappa shape index (κ2) is 4.51. The molecule has 1 aliphatic rings. The monoisotopic (exact) mass is 228 g/mol. The first-order chi connectivity index (χ1) is 7.47. The molecule has 0 aromatic carbocycles. The molecule has 0 aromatic rings. The van der Waals surface area contributed by atoms with Gasteiger partial charge < -0.3 is 15.3 Å². The van der Waals surface area contributed by atoms with Gasteiger partial charge in [0.1, 0.15) is 5.41 Å². The van der Waals surface area contributed by atoms with Crippen LogP contribution in [0.5, 0.6) is 0 Å². The minimum Gasteiger partial charge on any atom is -0.480 e. The van der Waals surface area contributed by atoms with E-state index in [0.717, 1.165) is 0 Å². The van der Waals surface area contributed by atoms with Crippen LogP contribution >= 0.6 is 0 Å². The van der Waals surface area contributed by atoms with Crippen LogP contribution in [0.4, 0.5) is 0 Å². The van der Waals surface area contributed by atoms with E-state index in [1.807, 2.05) is 0 Å². The quantitative estimate of drug-likeness (QED) is 0.618. The van der Waals surface area contributed by atoms with Crippen molar-refractivity contribution in [2.24, 2.45) is 5.41 Å². The molecule has 0 aromatic heterocycles. The first-order valence-electron chi connectivity index (χ1n) is 5.21. The minimum absolute atomic E-state index is 0.0825. The Morgan fingerprint density at radius 1 is 1.38 bits per heavy atom. The van der Waals surface area contributed by atoms with Gasteiger partial charge in [-0.15, -0.1) is 0 Å². The Kier molecular flexibility index (Phi) is 3.51. The van der Waals surface area contributed by atoms with Crippen LogP contribution in [0, 0.1) is 5.41 Å². The highest BCUT2D eigenvalue weighted by Crippen LogP contribution is 2.47. The van der Waals surface area contributed by atoms with E-state index in [1.165, 1.54) is 11.9 Å². The average Bonchev–Trinajstić information content (AvgIpc) is 3.05. The van der Waals surface area contributed by atoms with Gasteiger partial charge in [-0.2, -0.15) is 0 Å². The highest BCUT2D eigenvalue weighted by atomic mass is 16.4. The second-order valence-corrected chi connectivity index (χ2v) is 3.88. The summed E-state index contributed by atoms with van der Waals surface area (Å²) in [6.45, 7) is 1.97. The predicted molar refractivity (Wildman–Crippen MR) is 55.6 cm³/mol. The van der Waals surface area contributed by atoms with Gasteiger partial charge in [0.2, 0.25) is 11.8 Å². The molecule has 1 aliphatic carbocycles. The normalized spacial score (nSPS) is 16.4. The molecule has 0 bridgehead atoms. The zero-order chi connectivity index (χ0) is 12.3. The average molecular weight is 228 g/mol. The molecule has 16 heavy (non-hydrogen) atoms. The van der Waals surface area contributed by atoms with Crippen molar-refractivity contribution in [3.8, 4) is 0 Å². The van der Waals surface area contributed by atoms with Crippen molar-refractivity contribution in [3.63, 3.8) is 0 Å². The smallest absolute Gasteiger partial charge is 0.319 e. The highest BCUT2D eigenvalue weighted by molar-refractivity contribution is 6.05. The van der Waals surface area contributed by atoms with Crippen molar-refractivity contribution in [2.45, 2.75) is 19.8 Å². The first-order valence-corrected chi connectivity index (χ1v) is 5.21. The highest BCUT2D eigenvalue weighted by Gasteiger charge is 2.58. The lowest BCUT2D eigenvalue weighted by Gasteiger charge is -2.23. The molecular weight excluding hydrogens is 212 g/mol. The van der Waals surface area contributed by atoms with Gasteiger partial charge in [0.15, 0.2) is 0 Å². The molecule has 6 heteroatoms. The maximum absolute atomic E-state index is 11.9. The molecule has 2 N–H and O–H groups in total. The number of nitrogens with zero attached hydrogens (tertiary/aromatic N) is 1. The van der Waals surface area contributed by atoms with Crippen molar-refractivity contribution >= 4 is 17.8 Å². The van der Waals surface area contributed by atoms with Crippen molar-refractivity contribution in [3.05, 3.63) is 0 Å². The van der Waals surface area contributed by atoms with Gasteiger partial charge in [0.25, 0.3) is 0 Å². The van der Waals surface area contributed by atoms with Crippen molar-refractivity contribution in [1.82, 2.24) is 10.2 Å². The van der Waals surface area contributed by atoms with Gasteiger partial charge in [-0.1, -0.05) is 0 Å². The Morgan fingerprint density at radius 3 is 2.25 bits per heavy atom. The number of nitrogens with one attached hydrogen (secondary N) is 1. The molecule has 90 valence electrons. The number of rotatable bonds is 5. The molecule has 0 spiro atoms. The molecule has 0 saturated heterocycles. The topological polar surface area (TPSA) is 86.7 Å². The van der Waals surface area contributed by atoms with E-state index < -0.39 is 17.3 Å². The largest absolute Gasteiger partial charge is 0.480 e. The Balaban J connectivity index is 2.70. The van der Waals surface area contributed by atoms with E-state index in [-0.39, 0.29) is 12.5 Å². The zero-order valence-electron chi connectivity index (χ0n) is 9.45. The summed E-state index contributed by atoms with van der Waals surface area (Å²) in [6, 6.07) is 0. The summed E-state index contributed by atoms with van der Waals surface area (Å²) in [7, 11) is 1.48. The number of hydrogen-bond donors (Lipinski definition) is 2. The number of carbonyl (C=O) groups excluding carboxylic acids is 2. The molecular formula is C10H16N2O4. The van der Waals surface area contributed by atoms with Gasteiger partial charge in [0.05, 0.1) is 6.54 Å². The summed E-state index contributed by atoms with van der Waals surface area (Å²) >= 11 is 0. The van der Waals surface area contributed by atoms with E-state index >= 15 is 0 Å². The molecule has 0 atom stereocenters. The zero-order valence-corrected chi connectivity index (χ0v) is 9.45. The fourth-order valence-electron chi connectivity index (χ4n) is 1.53. The minimum atomic E-state index is -1.26. The van der Waals surface area contributed by atoms with Crippen LogP contribution in [0.25, 0.3) is 0 Å². The summed E-state index contributed by atoms with van der Waals surface area (Å²) in [4.78, 5) is 35.3. The number of carbonyl (C=O) groups is 3. The van der Waals surface area contributed by atoms with Gasteiger partial charge in [-0.3, -0.25) is 14.4 Å². The van der Waals surface area contributed by atoms with E-state index in [1.54, 1.807) is 6.92 Å². The molecule has 0 heterocycles. The molecule has 0 unspecified atom stereocenters. The first kappa shape index (κ1) is 12.5. The number of amides is 2. The van der Waals surface area contributed by atoms with E-state index in [4.69, 9.17) is 5.11 Å². The Morgan fingerprint density at radius 2 is 1.94 bits per heavy atom. The predicted octanol–water partition coefficient (Wildman–Crippen LogP) is -0.554. The molecule has 1 rings (SSSR count). The molecule has 1 saturated carbocycles. The van der Waals surface area contributed by atoms with Gasteiger partial charge in [0, 0.05) is 13.6 Å². The lowest BCUT2D eigenvalue weighted by atomic mass is 10.1. The summed E-state index contributed by atoms with van der Waals surface area (Å²) in [6.07, 6.45) is 0.733. The summed E-state index contributed by atoms with van der Waals surface area (Å²) < 4.78 is 0. The lowest BCUT2D eigenvalue weighted by molar-refractivity contribution is -0.154. The van der Waals surface area contributed by atoms with E-state index in [9.17, 15) is 14.4 Å². The van der Waals surface area contributed by atoms with Crippen molar-refractivity contribution < 1.29 is 19.5 Å². The van der Waals surface area contributed by atoms with Crippen LogP contribution in [-0.4, -0.2) is 47.9 Å². The standard InChI is InChI=1S/C10H16N2O4/c1-3-12(6-7(13)11-2)8(14)10(4-5-10)9(15)16/h3-6H2,1-2H3,(H,11,13)(H,15,16). The van der Waals surface area contributed by atoms with Gasteiger partial charge >= 0.3 is 5.97 Å². The SMILES string of the molecule is CCN(CC(=O)NC)C(=O)C1(C(=O)O)CC1. The summed E-state index contributed by atoms with van der Waals surface area (Å²) in [5.41, 5.74) is -1.26. The number of carboxylic acids is 1. The Labute approximate surface area is 93.6 Å². The third kappa shape index (κ3) is 2.15. The Hall–Kier alpha value is -1.59. The molecule has 0 aliphatic heterocycles. The summed E-state index contributed by atoms with van der Waals surface area (Å²) in [5.74, 6) is -1.84. The third-order valence-electron chi connectivity index (χ3n) is 2.85. The van der Waals surface area contributed by atoms with Gasteiger partial charge in [-0.05, 0) is 19.8 Å². The number of likely N-dealkylation sites (N-methyl/N-ethyl adjacent to an activating group) is 2. The second-order valence-electron chi connectivity index (χ2n) is 3.88. The fourth-order valence-corrected chi connectivity index (χ4v) is 1.53. The maximum Gasteiger partial charge on any atom is 0.319 e. The number of aliphatic carboxylic acids is 1. The van der Waals surface area contributed by atoms with Crippen LogP contribution in [0.2, 0.25) is 0 Å². The van der Waals surface area contributed by atoms with Crippen LogP contribution in [0.3, 0.4) is 0 Å². The number of hydrogen-bond acceptors (Lipinski definition) is 3. The molecule has 6 nitrogen and oxygen atoms in total. The molecule has 2 amide bonds. The number of carboxylic acid groups (broad SMARTS) is 1. The molecule has 1 fully saturated rings. The van der Waals surface area contributed by atoms with E-state index in [0.29, 0.717) is 19.4 Å². The summed E-state index contributed by atoms with van der Waals surface area (Å²) in [5, 5.41) is 11.4. The van der Waals surface area contributed by atoms with Crippen LogP contribution in [0.15, 0.2) is 0 Å². The van der Waals surface area contributed by atoms with Crippen LogP contribution in [-0.2, 0) is 14.4 Å². The van der Waals surface area contributed by atoms with Crippen molar-refractivity contribution in [1.29, 1.82) is 0 Å². The third-order valence-corrected chi connectivity index (χ3v) is 2.85. The Bertz CT molecular complexity index is 323. The van der Waals surface area contributed by atoms with Crippen LogP contribution < -0.4 is 5.32 Å².